The van der Waals surface area contributed by atoms with E-state index in [1.807, 2.05) is 10.8 Å². The van der Waals surface area contributed by atoms with Crippen LogP contribution in [0.1, 0.15) is 28.8 Å². The van der Waals surface area contributed by atoms with Gasteiger partial charge >= 0.3 is 0 Å². The summed E-state index contributed by atoms with van der Waals surface area (Å²) in [7, 11) is -4.03. The van der Waals surface area contributed by atoms with E-state index in [-0.39, 0.29) is 10.5 Å². The molecule has 6 nitrogen and oxygen atoms in total. The Kier molecular flexibility index (Phi) is 4.72. The third-order valence-corrected chi connectivity index (χ3v) is 5.17. The molecule has 1 aliphatic carbocycles. The number of hydrogen-bond acceptors (Lipinski definition) is 5. The maximum absolute atomic E-state index is 12.4. The summed E-state index contributed by atoms with van der Waals surface area (Å²) in [6.45, 7) is 0.521. The number of carbonyl (C=O) groups excluding carboxylic acids is 1. The smallest absolute Gasteiger partial charge is 0.268 e. The largest absolute Gasteiger partial charge is 0.492 e. The predicted molar refractivity (Wildman–Crippen MR) is 90.5 cm³/mol. The van der Waals surface area contributed by atoms with Crippen molar-refractivity contribution < 1.29 is 17.9 Å². The third-order valence-electron chi connectivity index (χ3n) is 3.82. The van der Waals surface area contributed by atoms with E-state index in [1.54, 1.807) is 18.2 Å². The van der Waals surface area contributed by atoms with Gasteiger partial charge in [-0.2, -0.15) is 5.26 Å². The van der Waals surface area contributed by atoms with Crippen LogP contribution in [-0.4, -0.2) is 20.9 Å². The van der Waals surface area contributed by atoms with E-state index in [4.69, 9.17) is 10.00 Å². The molecule has 0 bridgehead atoms. The molecule has 0 heterocycles. The second-order valence-corrected chi connectivity index (χ2v) is 7.50. The highest BCUT2D eigenvalue weighted by Gasteiger charge is 2.24. The fraction of sp³-hybridized carbons (Fsp3) is 0.222. The van der Waals surface area contributed by atoms with Crippen LogP contribution >= 0.6 is 0 Å². The number of nitrogens with zero attached hydrogens (tertiary/aromatic N) is 1. The highest BCUT2D eigenvalue weighted by molar-refractivity contribution is 7.90. The Bertz CT molecular complexity index is 926. The first kappa shape index (κ1) is 17.0. The number of amides is 1. The Morgan fingerprint density at radius 3 is 2.48 bits per heavy atom. The molecule has 2 aromatic carbocycles. The molecule has 128 valence electrons. The van der Waals surface area contributed by atoms with Gasteiger partial charge in [0.1, 0.15) is 5.75 Å². The van der Waals surface area contributed by atoms with Crippen molar-refractivity contribution in [1.82, 2.24) is 4.72 Å². The molecular weight excluding hydrogens is 340 g/mol. The zero-order chi connectivity index (χ0) is 17.9. The van der Waals surface area contributed by atoms with Crippen LogP contribution in [0.2, 0.25) is 0 Å². The number of rotatable bonds is 6. The molecule has 0 aromatic heterocycles. The first-order chi connectivity index (χ1) is 12.0. The normalized spacial score (nSPS) is 13.7. The monoisotopic (exact) mass is 356 g/mol. The molecule has 0 spiro atoms. The zero-order valence-corrected chi connectivity index (χ0v) is 14.1. The summed E-state index contributed by atoms with van der Waals surface area (Å²) in [5.41, 5.74) is 0.504. The topological polar surface area (TPSA) is 96.3 Å². The van der Waals surface area contributed by atoms with Crippen molar-refractivity contribution in [2.75, 3.05) is 6.61 Å². The number of nitrogens with one attached hydrogen (secondary N) is 1. The molecule has 3 rings (SSSR count). The van der Waals surface area contributed by atoms with Gasteiger partial charge in [0.25, 0.3) is 15.9 Å². The van der Waals surface area contributed by atoms with Crippen LogP contribution in [0.5, 0.6) is 5.75 Å². The van der Waals surface area contributed by atoms with Gasteiger partial charge in [-0.15, -0.1) is 0 Å². The van der Waals surface area contributed by atoms with Gasteiger partial charge in [-0.25, -0.2) is 13.1 Å². The first-order valence-corrected chi connectivity index (χ1v) is 9.27. The molecule has 0 unspecified atom stereocenters. The van der Waals surface area contributed by atoms with Gasteiger partial charge in [0.2, 0.25) is 0 Å². The molecule has 1 saturated carbocycles. The molecule has 1 amide bonds. The molecule has 1 aliphatic rings. The van der Waals surface area contributed by atoms with E-state index in [1.165, 1.54) is 30.3 Å². The van der Waals surface area contributed by atoms with E-state index in [0.717, 1.165) is 12.8 Å². The summed E-state index contributed by atoms with van der Waals surface area (Å²) < 4.78 is 32.4. The van der Waals surface area contributed by atoms with Gasteiger partial charge < -0.3 is 4.74 Å². The minimum absolute atomic E-state index is 0.0868. The van der Waals surface area contributed by atoms with Gasteiger partial charge in [-0.3, -0.25) is 4.79 Å². The molecule has 1 fully saturated rings. The fourth-order valence-electron chi connectivity index (χ4n) is 2.22. The number of nitriles is 1. The summed E-state index contributed by atoms with van der Waals surface area (Å²) in [6, 6.07) is 13.8. The van der Waals surface area contributed by atoms with Crippen LogP contribution in [0.3, 0.4) is 0 Å². The maximum atomic E-state index is 12.4. The molecule has 1 N–H and O–H groups in total. The molecule has 0 saturated heterocycles. The van der Waals surface area contributed by atoms with E-state index < -0.39 is 15.9 Å². The Morgan fingerprint density at radius 2 is 1.84 bits per heavy atom. The van der Waals surface area contributed by atoms with E-state index in [2.05, 4.69) is 0 Å². The predicted octanol–water partition coefficient (Wildman–Crippen LogP) is 2.47. The van der Waals surface area contributed by atoms with E-state index >= 15 is 0 Å². The second kappa shape index (κ2) is 6.95. The van der Waals surface area contributed by atoms with Crippen LogP contribution in [0.4, 0.5) is 0 Å². The standard InChI is InChI=1S/C18H16N2O4S/c19-11-13-7-9-15(10-8-13)25(22,23)20-18(21)16-3-1-2-4-17(16)24-12-14-5-6-14/h1-4,7-10,14H,5-6,12H2,(H,20,21). The number of para-hydroxylation sites is 1. The van der Waals surface area contributed by atoms with E-state index in [9.17, 15) is 13.2 Å². The van der Waals surface area contributed by atoms with Crippen molar-refractivity contribution in [3.05, 3.63) is 59.7 Å². The molecule has 0 atom stereocenters. The second-order valence-electron chi connectivity index (χ2n) is 5.82. The number of sulfonamides is 1. The lowest BCUT2D eigenvalue weighted by Crippen LogP contribution is -2.31. The summed E-state index contributed by atoms with van der Waals surface area (Å²) in [6.07, 6.45) is 2.23. The van der Waals surface area contributed by atoms with Crippen LogP contribution in [0.25, 0.3) is 0 Å². The molecular formula is C18H16N2O4S. The summed E-state index contributed by atoms with van der Waals surface area (Å²) in [5.74, 6) is 0.121. The molecule has 0 radical (unpaired) electrons. The quantitative estimate of drug-likeness (QED) is 0.858. The van der Waals surface area contributed by atoms with Gasteiger partial charge in [-0.05, 0) is 55.2 Å². The Hall–Kier alpha value is -2.85. The lowest BCUT2D eigenvalue weighted by Gasteiger charge is -2.12. The lowest BCUT2D eigenvalue weighted by atomic mass is 10.2. The van der Waals surface area contributed by atoms with Crippen molar-refractivity contribution in [3.8, 4) is 11.8 Å². The number of hydrogen-bond donors (Lipinski definition) is 1. The highest BCUT2D eigenvalue weighted by atomic mass is 32.2. The van der Waals surface area contributed by atoms with E-state index in [0.29, 0.717) is 23.8 Å². The van der Waals surface area contributed by atoms with Crippen LogP contribution in [-0.2, 0) is 10.0 Å². The van der Waals surface area contributed by atoms with Crippen molar-refractivity contribution in [2.45, 2.75) is 17.7 Å². The average molecular weight is 356 g/mol. The average Bonchev–Trinajstić information content (AvgIpc) is 3.44. The summed E-state index contributed by atoms with van der Waals surface area (Å²) in [4.78, 5) is 12.3. The highest BCUT2D eigenvalue weighted by Crippen LogP contribution is 2.30. The molecule has 2 aromatic rings. The van der Waals surface area contributed by atoms with Crippen molar-refractivity contribution in [2.24, 2.45) is 5.92 Å². The third kappa shape index (κ3) is 4.17. The first-order valence-electron chi connectivity index (χ1n) is 7.79. The van der Waals surface area contributed by atoms with Gasteiger partial charge in [0.05, 0.1) is 28.7 Å². The minimum Gasteiger partial charge on any atom is -0.492 e. The lowest BCUT2D eigenvalue weighted by molar-refractivity contribution is 0.0977. The van der Waals surface area contributed by atoms with Gasteiger partial charge in [0.15, 0.2) is 0 Å². The van der Waals surface area contributed by atoms with Crippen LogP contribution in [0, 0.1) is 17.2 Å². The molecule has 0 aliphatic heterocycles. The van der Waals surface area contributed by atoms with Crippen LogP contribution < -0.4 is 9.46 Å². The summed E-state index contributed by atoms with van der Waals surface area (Å²) >= 11 is 0. The van der Waals surface area contributed by atoms with Crippen molar-refractivity contribution in [3.63, 3.8) is 0 Å². The number of benzene rings is 2. The molecule has 25 heavy (non-hydrogen) atoms. The minimum atomic E-state index is -4.03. The Morgan fingerprint density at radius 1 is 1.16 bits per heavy atom. The zero-order valence-electron chi connectivity index (χ0n) is 13.3. The number of ether oxygens (including phenoxy) is 1. The van der Waals surface area contributed by atoms with Crippen LogP contribution in [0.15, 0.2) is 53.4 Å². The summed E-state index contributed by atoms with van der Waals surface area (Å²) in [5, 5.41) is 8.77. The maximum Gasteiger partial charge on any atom is 0.268 e. The van der Waals surface area contributed by atoms with Crippen molar-refractivity contribution in [1.29, 1.82) is 5.26 Å². The number of carbonyl (C=O) groups is 1. The Labute approximate surface area is 146 Å². The SMILES string of the molecule is N#Cc1ccc(S(=O)(=O)NC(=O)c2ccccc2OCC2CC2)cc1. The fourth-order valence-corrected chi connectivity index (χ4v) is 3.18. The molecule has 7 heteroatoms. The van der Waals surface area contributed by atoms with Crippen molar-refractivity contribution >= 4 is 15.9 Å². The Balaban J connectivity index is 1.77. The van der Waals surface area contributed by atoms with Gasteiger partial charge in [0, 0.05) is 0 Å². The van der Waals surface area contributed by atoms with Gasteiger partial charge in [-0.1, -0.05) is 12.1 Å².